The minimum atomic E-state index is 0.487. The fourth-order valence-corrected chi connectivity index (χ4v) is 3.08. The van der Waals surface area contributed by atoms with Gasteiger partial charge in [0.25, 0.3) is 0 Å². The van der Waals surface area contributed by atoms with Crippen molar-refractivity contribution in [1.82, 2.24) is 5.32 Å². The molecule has 3 rings (SSSR count). The Morgan fingerprint density at radius 2 is 2.32 bits per heavy atom. The van der Waals surface area contributed by atoms with E-state index in [2.05, 4.69) is 28.8 Å². The molecule has 1 fully saturated rings. The van der Waals surface area contributed by atoms with E-state index >= 15 is 0 Å². The van der Waals surface area contributed by atoms with E-state index in [1.807, 2.05) is 0 Å². The Balaban J connectivity index is 1.44. The summed E-state index contributed by atoms with van der Waals surface area (Å²) < 4.78 is 5.75. The summed E-state index contributed by atoms with van der Waals surface area (Å²) in [6.45, 7) is 4.06. The number of fused-ring (bicyclic) bond motifs is 1. The normalized spacial score (nSPS) is 22.0. The van der Waals surface area contributed by atoms with Crippen LogP contribution in [0.25, 0.3) is 0 Å². The summed E-state index contributed by atoms with van der Waals surface area (Å²) in [5, 5.41) is 7.05. The van der Waals surface area contributed by atoms with Crippen molar-refractivity contribution in [3.8, 4) is 0 Å². The van der Waals surface area contributed by atoms with Crippen LogP contribution in [0.3, 0.4) is 0 Å². The van der Waals surface area contributed by atoms with Crippen LogP contribution < -0.4 is 10.6 Å². The Morgan fingerprint density at radius 1 is 1.32 bits per heavy atom. The van der Waals surface area contributed by atoms with Gasteiger partial charge in [0.15, 0.2) is 0 Å². The average molecular weight is 260 g/mol. The lowest BCUT2D eigenvalue weighted by molar-refractivity contribution is 0.0115. The van der Waals surface area contributed by atoms with E-state index in [4.69, 9.17) is 4.74 Å². The van der Waals surface area contributed by atoms with Crippen molar-refractivity contribution in [2.75, 3.05) is 25.0 Å². The highest BCUT2D eigenvalue weighted by molar-refractivity contribution is 5.61. The Kier molecular flexibility index (Phi) is 4.36. The SMILES string of the molecule is c1cc2c(c(CNCCC3CCCCO3)c1)NCC2. The number of para-hydroxylation sites is 1. The third-order valence-corrected chi connectivity index (χ3v) is 4.17. The molecule has 1 saturated heterocycles. The zero-order valence-electron chi connectivity index (χ0n) is 11.6. The summed E-state index contributed by atoms with van der Waals surface area (Å²) >= 11 is 0. The zero-order chi connectivity index (χ0) is 12.9. The van der Waals surface area contributed by atoms with Crippen molar-refractivity contribution >= 4 is 5.69 Å². The fraction of sp³-hybridized carbons (Fsp3) is 0.625. The summed E-state index contributed by atoms with van der Waals surface area (Å²) in [5.74, 6) is 0. The number of anilines is 1. The number of benzene rings is 1. The molecule has 0 aromatic heterocycles. The lowest BCUT2D eigenvalue weighted by Crippen LogP contribution is -2.25. The first kappa shape index (κ1) is 12.9. The van der Waals surface area contributed by atoms with Crippen LogP contribution >= 0.6 is 0 Å². The van der Waals surface area contributed by atoms with Crippen molar-refractivity contribution in [1.29, 1.82) is 0 Å². The lowest BCUT2D eigenvalue weighted by Gasteiger charge is -2.22. The maximum absolute atomic E-state index is 5.75. The molecule has 2 heterocycles. The maximum Gasteiger partial charge on any atom is 0.0587 e. The topological polar surface area (TPSA) is 33.3 Å². The van der Waals surface area contributed by atoms with E-state index in [-0.39, 0.29) is 0 Å². The van der Waals surface area contributed by atoms with Gasteiger partial charge in [0.1, 0.15) is 0 Å². The summed E-state index contributed by atoms with van der Waals surface area (Å²) in [5.41, 5.74) is 4.23. The molecule has 2 aliphatic heterocycles. The molecule has 3 heteroatoms. The van der Waals surface area contributed by atoms with Crippen LogP contribution in [0.4, 0.5) is 5.69 Å². The van der Waals surface area contributed by atoms with Crippen molar-refractivity contribution in [2.45, 2.75) is 44.8 Å². The molecule has 104 valence electrons. The molecule has 0 spiro atoms. The molecular weight excluding hydrogens is 236 g/mol. The van der Waals surface area contributed by atoms with Gasteiger partial charge in [-0.25, -0.2) is 0 Å². The molecule has 19 heavy (non-hydrogen) atoms. The number of nitrogens with one attached hydrogen (secondary N) is 2. The smallest absolute Gasteiger partial charge is 0.0587 e. The van der Waals surface area contributed by atoms with E-state index < -0.39 is 0 Å². The number of rotatable bonds is 5. The Bertz CT molecular complexity index is 413. The van der Waals surface area contributed by atoms with Gasteiger partial charge in [-0.3, -0.25) is 0 Å². The molecule has 0 aliphatic carbocycles. The van der Waals surface area contributed by atoms with E-state index in [0.29, 0.717) is 6.10 Å². The van der Waals surface area contributed by atoms with Gasteiger partial charge in [-0.15, -0.1) is 0 Å². The quantitative estimate of drug-likeness (QED) is 0.799. The Hall–Kier alpha value is -1.06. The Labute approximate surface area is 115 Å². The van der Waals surface area contributed by atoms with Crippen molar-refractivity contribution in [3.63, 3.8) is 0 Å². The molecule has 0 saturated carbocycles. The van der Waals surface area contributed by atoms with Gasteiger partial charge in [0, 0.05) is 25.4 Å². The highest BCUT2D eigenvalue weighted by Gasteiger charge is 2.14. The van der Waals surface area contributed by atoms with Crippen LogP contribution in [-0.4, -0.2) is 25.8 Å². The minimum Gasteiger partial charge on any atom is -0.384 e. The monoisotopic (exact) mass is 260 g/mol. The van der Waals surface area contributed by atoms with Gasteiger partial charge in [0.05, 0.1) is 6.10 Å². The van der Waals surface area contributed by atoms with E-state index in [9.17, 15) is 0 Å². The second kappa shape index (κ2) is 6.40. The predicted molar refractivity (Wildman–Crippen MR) is 78.6 cm³/mol. The molecule has 1 aromatic rings. The standard InChI is InChI=1S/C16H24N2O/c1-2-11-19-15(6-1)8-9-17-12-14-5-3-4-13-7-10-18-16(13)14/h3-5,15,17-18H,1-2,6-12H2. The molecule has 0 radical (unpaired) electrons. The lowest BCUT2D eigenvalue weighted by atomic mass is 10.1. The summed E-state index contributed by atoms with van der Waals surface area (Å²) in [6, 6.07) is 6.63. The van der Waals surface area contributed by atoms with Crippen molar-refractivity contribution in [2.24, 2.45) is 0 Å². The molecule has 1 aromatic carbocycles. The van der Waals surface area contributed by atoms with Gasteiger partial charge >= 0.3 is 0 Å². The second-order valence-corrected chi connectivity index (χ2v) is 5.58. The van der Waals surface area contributed by atoms with Crippen molar-refractivity contribution < 1.29 is 4.74 Å². The average Bonchev–Trinajstić information content (AvgIpc) is 2.94. The van der Waals surface area contributed by atoms with Gasteiger partial charge in [-0.2, -0.15) is 0 Å². The van der Waals surface area contributed by atoms with Crippen LogP contribution in [0.1, 0.15) is 36.8 Å². The molecule has 2 N–H and O–H groups in total. The largest absolute Gasteiger partial charge is 0.384 e. The maximum atomic E-state index is 5.75. The Morgan fingerprint density at radius 3 is 3.21 bits per heavy atom. The van der Waals surface area contributed by atoms with Gasteiger partial charge in [0.2, 0.25) is 0 Å². The van der Waals surface area contributed by atoms with Crippen molar-refractivity contribution in [3.05, 3.63) is 29.3 Å². The van der Waals surface area contributed by atoms with E-state index in [1.54, 1.807) is 0 Å². The molecule has 0 amide bonds. The van der Waals surface area contributed by atoms with E-state index in [1.165, 1.54) is 42.5 Å². The van der Waals surface area contributed by atoms with Crippen LogP contribution in [-0.2, 0) is 17.7 Å². The third-order valence-electron chi connectivity index (χ3n) is 4.17. The molecule has 2 aliphatic rings. The van der Waals surface area contributed by atoms with Crippen LogP contribution in [0.15, 0.2) is 18.2 Å². The highest BCUT2D eigenvalue weighted by Crippen LogP contribution is 2.26. The molecule has 3 nitrogen and oxygen atoms in total. The molecular formula is C16H24N2O. The van der Waals surface area contributed by atoms with Gasteiger partial charge in [-0.1, -0.05) is 18.2 Å². The third kappa shape index (κ3) is 3.28. The van der Waals surface area contributed by atoms with Gasteiger partial charge < -0.3 is 15.4 Å². The molecule has 0 bridgehead atoms. The zero-order valence-corrected chi connectivity index (χ0v) is 11.6. The summed E-state index contributed by atoms with van der Waals surface area (Å²) in [6.07, 6.45) is 6.61. The predicted octanol–water partition coefficient (Wildman–Crippen LogP) is 2.70. The van der Waals surface area contributed by atoms with Crippen LogP contribution in [0, 0.1) is 0 Å². The molecule has 1 atom stereocenters. The van der Waals surface area contributed by atoms with E-state index in [0.717, 1.165) is 32.7 Å². The fourth-order valence-electron chi connectivity index (χ4n) is 3.08. The summed E-state index contributed by atoms with van der Waals surface area (Å²) in [7, 11) is 0. The molecule has 1 unspecified atom stereocenters. The first-order chi connectivity index (χ1) is 9.43. The number of hydrogen-bond acceptors (Lipinski definition) is 3. The summed E-state index contributed by atoms with van der Waals surface area (Å²) in [4.78, 5) is 0. The first-order valence-corrected chi connectivity index (χ1v) is 7.60. The van der Waals surface area contributed by atoms with Gasteiger partial charge in [-0.05, 0) is 49.8 Å². The van der Waals surface area contributed by atoms with Crippen LogP contribution in [0.2, 0.25) is 0 Å². The van der Waals surface area contributed by atoms with Crippen LogP contribution in [0.5, 0.6) is 0 Å². The first-order valence-electron chi connectivity index (χ1n) is 7.60. The number of hydrogen-bond donors (Lipinski definition) is 2. The number of ether oxygens (including phenoxy) is 1. The highest BCUT2D eigenvalue weighted by atomic mass is 16.5. The second-order valence-electron chi connectivity index (χ2n) is 5.58. The minimum absolute atomic E-state index is 0.487.